The Labute approximate surface area is 190 Å². The number of hydrogen-bond acceptors (Lipinski definition) is 5. The number of nitrogens with zero attached hydrogens (tertiary/aromatic N) is 2. The monoisotopic (exact) mass is 520 g/mol. The Morgan fingerprint density at radius 3 is 2.72 bits per heavy atom. The number of phenolic OH excluding ortho intramolecular Hbond substituents is 1. The molecule has 1 atom stereocenters. The minimum absolute atomic E-state index is 0. The molecule has 164 valence electrons. The molecule has 0 spiro atoms. The first-order valence-electron chi connectivity index (χ1n) is 9.53. The van der Waals surface area contributed by atoms with Gasteiger partial charge < -0.3 is 30.1 Å². The molecule has 2 rings (SSSR count). The standard InChI is InChI=1S/C20H32N4O4.HI/c1-20(2,3)28-19(26)24-10-6-7-15(13-24)23-18(21-4)22-12-14-11-16(27-5)8-9-17(14)25;/h8-9,11,15,25H,6-7,10,12-13H2,1-5H3,(H2,21,22,23);1H. The van der Waals surface area contributed by atoms with Crippen molar-refractivity contribution in [3.63, 3.8) is 0 Å². The number of nitrogens with one attached hydrogen (secondary N) is 2. The summed E-state index contributed by atoms with van der Waals surface area (Å²) in [6, 6.07) is 5.16. The van der Waals surface area contributed by atoms with E-state index in [-0.39, 0.29) is 41.9 Å². The van der Waals surface area contributed by atoms with E-state index in [0.717, 1.165) is 12.8 Å². The van der Waals surface area contributed by atoms with Gasteiger partial charge in [0.1, 0.15) is 17.1 Å². The molecule has 8 nitrogen and oxygen atoms in total. The van der Waals surface area contributed by atoms with Gasteiger partial charge >= 0.3 is 6.09 Å². The van der Waals surface area contributed by atoms with Crippen LogP contribution in [0, 0.1) is 0 Å². The lowest BCUT2D eigenvalue weighted by atomic mass is 10.1. The van der Waals surface area contributed by atoms with Gasteiger partial charge in [0, 0.05) is 38.3 Å². The van der Waals surface area contributed by atoms with E-state index in [9.17, 15) is 9.90 Å². The van der Waals surface area contributed by atoms with Crippen molar-refractivity contribution in [3.05, 3.63) is 23.8 Å². The van der Waals surface area contributed by atoms with Crippen molar-refractivity contribution in [2.45, 2.75) is 51.8 Å². The molecule has 1 heterocycles. The van der Waals surface area contributed by atoms with Crippen LogP contribution in [-0.2, 0) is 11.3 Å². The number of methoxy groups -OCH3 is 1. The lowest BCUT2D eigenvalue weighted by Gasteiger charge is -2.35. The van der Waals surface area contributed by atoms with Crippen LogP contribution in [0.4, 0.5) is 4.79 Å². The summed E-state index contributed by atoms with van der Waals surface area (Å²) in [5.41, 5.74) is 0.203. The van der Waals surface area contributed by atoms with E-state index in [0.29, 0.717) is 36.9 Å². The van der Waals surface area contributed by atoms with Crippen LogP contribution in [0.3, 0.4) is 0 Å². The Kier molecular flexibility index (Phi) is 9.81. The number of hydrogen-bond donors (Lipinski definition) is 3. The number of carbonyl (C=O) groups excluding carboxylic acids is 1. The van der Waals surface area contributed by atoms with Crippen molar-refractivity contribution in [1.29, 1.82) is 0 Å². The number of guanidine groups is 1. The maximum absolute atomic E-state index is 12.3. The summed E-state index contributed by atoms with van der Waals surface area (Å²) in [6.07, 6.45) is 1.54. The fourth-order valence-electron chi connectivity index (χ4n) is 2.98. The molecule has 1 fully saturated rings. The highest BCUT2D eigenvalue weighted by molar-refractivity contribution is 14.0. The van der Waals surface area contributed by atoms with Gasteiger partial charge in [-0.2, -0.15) is 0 Å². The van der Waals surface area contributed by atoms with Gasteiger partial charge in [-0.3, -0.25) is 4.99 Å². The van der Waals surface area contributed by atoms with Gasteiger partial charge in [0.25, 0.3) is 0 Å². The molecule has 0 saturated carbocycles. The Bertz CT molecular complexity index is 706. The molecule has 1 aliphatic heterocycles. The van der Waals surface area contributed by atoms with Crippen LogP contribution in [0.1, 0.15) is 39.2 Å². The highest BCUT2D eigenvalue weighted by Gasteiger charge is 2.28. The smallest absolute Gasteiger partial charge is 0.410 e. The molecule has 1 unspecified atom stereocenters. The highest BCUT2D eigenvalue weighted by Crippen LogP contribution is 2.22. The first kappa shape index (κ1) is 25.1. The summed E-state index contributed by atoms with van der Waals surface area (Å²) >= 11 is 0. The topological polar surface area (TPSA) is 95.4 Å². The van der Waals surface area contributed by atoms with Crippen molar-refractivity contribution in [2.75, 3.05) is 27.2 Å². The Morgan fingerprint density at radius 2 is 2.10 bits per heavy atom. The molecule has 0 aromatic heterocycles. The Morgan fingerprint density at radius 1 is 1.38 bits per heavy atom. The lowest BCUT2D eigenvalue weighted by Crippen LogP contribution is -2.53. The van der Waals surface area contributed by atoms with Crippen LogP contribution in [0.25, 0.3) is 0 Å². The number of ether oxygens (including phenoxy) is 2. The van der Waals surface area contributed by atoms with E-state index in [1.807, 2.05) is 20.8 Å². The summed E-state index contributed by atoms with van der Waals surface area (Å²) in [5, 5.41) is 16.6. The summed E-state index contributed by atoms with van der Waals surface area (Å²) in [7, 11) is 3.28. The van der Waals surface area contributed by atoms with E-state index in [2.05, 4.69) is 15.6 Å². The van der Waals surface area contributed by atoms with E-state index in [1.165, 1.54) is 0 Å². The number of benzene rings is 1. The summed E-state index contributed by atoms with van der Waals surface area (Å²) < 4.78 is 10.7. The maximum Gasteiger partial charge on any atom is 0.410 e. The second-order valence-corrected chi connectivity index (χ2v) is 7.83. The van der Waals surface area contributed by atoms with Gasteiger partial charge in [0.2, 0.25) is 0 Å². The van der Waals surface area contributed by atoms with Crippen LogP contribution in [0.15, 0.2) is 23.2 Å². The summed E-state index contributed by atoms with van der Waals surface area (Å²) in [6.45, 7) is 7.24. The van der Waals surface area contributed by atoms with E-state index < -0.39 is 5.60 Å². The predicted molar refractivity (Wildman–Crippen MR) is 124 cm³/mol. The van der Waals surface area contributed by atoms with Crippen LogP contribution in [0.2, 0.25) is 0 Å². The maximum atomic E-state index is 12.3. The van der Waals surface area contributed by atoms with E-state index in [4.69, 9.17) is 9.47 Å². The molecular weight excluding hydrogens is 487 g/mol. The fourth-order valence-corrected chi connectivity index (χ4v) is 2.98. The van der Waals surface area contributed by atoms with E-state index in [1.54, 1.807) is 37.3 Å². The third-order valence-corrected chi connectivity index (χ3v) is 4.37. The second kappa shape index (κ2) is 11.3. The minimum Gasteiger partial charge on any atom is -0.508 e. The molecule has 0 bridgehead atoms. The number of halogens is 1. The average molecular weight is 520 g/mol. The number of aliphatic imine (C=N–C) groups is 1. The molecule has 1 aromatic carbocycles. The molecule has 1 aromatic rings. The lowest BCUT2D eigenvalue weighted by molar-refractivity contribution is 0.0193. The molecular formula is C20H33IN4O4. The molecule has 1 amide bonds. The van der Waals surface area contributed by atoms with Gasteiger partial charge in [0.15, 0.2) is 5.96 Å². The van der Waals surface area contributed by atoms with Crippen LogP contribution < -0.4 is 15.4 Å². The van der Waals surface area contributed by atoms with E-state index >= 15 is 0 Å². The quantitative estimate of drug-likeness (QED) is 0.321. The first-order chi connectivity index (χ1) is 13.2. The van der Waals surface area contributed by atoms with Gasteiger partial charge in [-0.05, 0) is 51.8 Å². The number of phenols is 1. The van der Waals surface area contributed by atoms with Crippen molar-refractivity contribution >= 4 is 36.0 Å². The van der Waals surface area contributed by atoms with Crippen LogP contribution in [0.5, 0.6) is 11.5 Å². The third-order valence-electron chi connectivity index (χ3n) is 4.37. The molecule has 1 aliphatic rings. The zero-order valence-electron chi connectivity index (χ0n) is 17.8. The van der Waals surface area contributed by atoms with Crippen LogP contribution >= 0.6 is 24.0 Å². The molecule has 0 aliphatic carbocycles. The number of rotatable bonds is 4. The number of amides is 1. The van der Waals surface area contributed by atoms with Gasteiger partial charge in [0.05, 0.1) is 7.11 Å². The number of aromatic hydroxyl groups is 1. The Hall–Kier alpha value is -1.91. The number of carbonyl (C=O) groups is 1. The molecule has 9 heteroatoms. The Balaban J connectivity index is 0.00000420. The highest BCUT2D eigenvalue weighted by atomic mass is 127. The molecule has 0 radical (unpaired) electrons. The fraction of sp³-hybridized carbons (Fsp3) is 0.600. The molecule has 1 saturated heterocycles. The largest absolute Gasteiger partial charge is 0.508 e. The number of piperidine rings is 1. The second-order valence-electron chi connectivity index (χ2n) is 7.83. The SMILES string of the molecule is CN=C(NCc1cc(OC)ccc1O)NC1CCCN(C(=O)OC(C)(C)C)C1.I. The van der Waals surface area contributed by atoms with Crippen LogP contribution in [-0.4, -0.2) is 60.9 Å². The minimum atomic E-state index is -0.506. The normalized spacial score (nSPS) is 17.2. The van der Waals surface area contributed by atoms with Gasteiger partial charge in [-0.15, -0.1) is 24.0 Å². The first-order valence-corrected chi connectivity index (χ1v) is 9.53. The van der Waals surface area contributed by atoms with Gasteiger partial charge in [-0.25, -0.2) is 4.79 Å². The van der Waals surface area contributed by atoms with Crippen molar-refractivity contribution in [1.82, 2.24) is 15.5 Å². The van der Waals surface area contributed by atoms with Gasteiger partial charge in [-0.1, -0.05) is 0 Å². The third kappa shape index (κ3) is 8.15. The molecule has 29 heavy (non-hydrogen) atoms. The summed E-state index contributed by atoms with van der Waals surface area (Å²) in [5.74, 6) is 1.48. The van der Waals surface area contributed by atoms with Crippen molar-refractivity contribution in [3.8, 4) is 11.5 Å². The zero-order chi connectivity index (χ0) is 20.7. The van der Waals surface area contributed by atoms with Crippen molar-refractivity contribution in [2.24, 2.45) is 4.99 Å². The molecule has 3 N–H and O–H groups in total. The van der Waals surface area contributed by atoms with Crippen molar-refractivity contribution < 1.29 is 19.4 Å². The zero-order valence-corrected chi connectivity index (χ0v) is 20.1. The number of likely N-dealkylation sites (tertiary alicyclic amines) is 1. The summed E-state index contributed by atoms with van der Waals surface area (Å²) in [4.78, 5) is 18.3. The average Bonchev–Trinajstić information content (AvgIpc) is 2.65. The predicted octanol–water partition coefficient (Wildman–Crippen LogP) is 3.08.